The van der Waals surface area contributed by atoms with Gasteiger partial charge in [-0.2, -0.15) is 0 Å². The second-order valence-electron chi connectivity index (χ2n) is 7.44. The molecule has 4 rings (SSSR count). The number of benzene rings is 3. The van der Waals surface area contributed by atoms with Gasteiger partial charge < -0.3 is 9.64 Å². The number of para-hydroxylation sites is 3. The molecule has 0 aliphatic carbocycles. The number of fused-ring (bicyclic) bond motifs is 1. The molecule has 1 aliphatic rings. The van der Waals surface area contributed by atoms with Crippen LogP contribution >= 0.6 is 0 Å². The van der Waals surface area contributed by atoms with E-state index in [0.717, 1.165) is 22.0 Å². The summed E-state index contributed by atoms with van der Waals surface area (Å²) in [4.78, 5) is 15.3. The van der Waals surface area contributed by atoms with Gasteiger partial charge >= 0.3 is 0 Å². The van der Waals surface area contributed by atoms with Crippen LogP contribution in [0.5, 0.6) is 5.75 Å². The fourth-order valence-corrected chi connectivity index (χ4v) is 5.45. The minimum Gasteiger partial charge on any atom is -0.495 e. The van der Waals surface area contributed by atoms with Gasteiger partial charge in [0.1, 0.15) is 12.3 Å². The SMILES string of the molecule is COc1ccccc1N(CC(=O)N1c2ccccc2C[C@@H]1C)S(=O)(=O)c1ccccc1. The Kier molecular flexibility index (Phi) is 5.69. The lowest BCUT2D eigenvalue weighted by Crippen LogP contribution is -2.45. The normalized spacial score (nSPS) is 15.4. The Morgan fingerprint density at radius 1 is 1.00 bits per heavy atom. The number of rotatable bonds is 6. The highest BCUT2D eigenvalue weighted by Crippen LogP contribution is 2.35. The Morgan fingerprint density at radius 3 is 2.39 bits per heavy atom. The van der Waals surface area contributed by atoms with E-state index < -0.39 is 10.0 Å². The summed E-state index contributed by atoms with van der Waals surface area (Å²) in [5.41, 5.74) is 2.23. The van der Waals surface area contributed by atoms with Gasteiger partial charge in [-0.25, -0.2) is 8.42 Å². The number of anilines is 2. The van der Waals surface area contributed by atoms with Crippen LogP contribution in [0, 0.1) is 0 Å². The number of hydrogen-bond acceptors (Lipinski definition) is 4. The van der Waals surface area contributed by atoms with Crippen LogP contribution in [0.4, 0.5) is 11.4 Å². The minimum absolute atomic E-state index is 0.0520. The summed E-state index contributed by atoms with van der Waals surface area (Å²) in [5, 5.41) is 0. The summed E-state index contributed by atoms with van der Waals surface area (Å²) in [6, 6.07) is 22.6. The molecule has 0 saturated carbocycles. The van der Waals surface area contributed by atoms with Crippen molar-refractivity contribution in [2.75, 3.05) is 22.9 Å². The highest BCUT2D eigenvalue weighted by Gasteiger charge is 2.35. The molecule has 1 atom stereocenters. The molecule has 0 radical (unpaired) electrons. The zero-order valence-electron chi connectivity index (χ0n) is 17.4. The van der Waals surface area contributed by atoms with Crippen molar-refractivity contribution in [2.45, 2.75) is 24.3 Å². The van der Waals surface area contributed by atoms with Crippen LogP contribution in [0.25, 0.3) is 0 Å². The van der Waals surface area contributed by atoms with Gasteiger partial charge in [0.05, 0.1) is 17.7 Å². The van der Waals surface area contributed by atoms with Crippen molar-refractivity contribution in [3.8, 4) is 5.75 Å². The third kappa shape index (κ3) is 3.88. The fourth-order valence-electron chi connectivity index (χ4n) is 4.00. The first-order valence-electron chi connectivity index (χ1n) is 10.0. The second kappa shape index (κ2) is 8.43. The van der Waals surface area contributed by atoms with Gasteiger partial charge in [-0.1, -0.05) is 48.5 Å². The van der Waals surface area contributed by atoms with E-state index in [0.29, 0.717) is 11.4 Å². The average molecular weight is 437 g/mol. The zero-order valence-corrected chi connectivity index (χ0v) is 18.2. The molecule has 3 aromatic carbocycles. The van der Waals surface area contributed by atoms with Gasteiger partial charge in [0.15, 0.2) is 0 Å². The molecule has 0 fully saturated rings. The standard InChI is InChI=1S/C24H24N2O4S/c1-18-16-19-10-6-7-13-21(19)26(18)24(27)17-25(22-14-8-9-15-23(22)30-2)31(28,29)20-11-4-3-5-12-20/h3-15,18H,16-17H2,1-2H3/t18-/m0/s1. The summed E-state index contributed by atoms with van der Waals surface area (Å²) in [5.74, 6) is 0.0903. The first-order valence-corrected chi connectivity index (χ1v) is 11.5. The molecule has 1 heterocycles. The number of methoxy groups -OCH3 is 1. The number of sulfonamides is 1. The van der Waals surface area contributed by atoms with Crippen molar-refractivity contribution in [1.29, 1.82) is 0 Å². The van der Waals surface area contributed by atoms with E-state index in [1.807, 2.05) is 31.2 Å². The Labute approximate surface area is 182 Å². The number of nitrogens with zero attached hydrogens (tertiary/aromatic N) is 2. The van der Waals surface area contributed by atoms with Crippen molar-refractivity contribution in [3.05, 3.63) is 84.4 Å². The summed E-state index contributed by atoms with van der Waals surface area (Å²) < 4.78 is 33.7. The third-order valence-corrected chi connectivity index (χ3v) is 7.21. The Bertz CT molecular complexity index is 1190. The van der Waals surface area contributed by atoms with Gasteiger partial charge in [-0.3, -0.25) is 9.10 Å². The van der Waals surface area contributed by atoms with Gasteiger partial charge in [0, 0.05) is 11.7 Å². The number of carbonyl (C=O) groups is 1. The lowest BCUT2D eigenvalue weighted by atomic mass is 10.1. The first kappa shape index (κ1) is 20.9. The smallest absolute Gasteiger partial charge is 0.264 e. The molecule has 0 spiro atoms. The number of ether oxygens (including phenoxy) is 1. The molecule has 0 N–H and O–H groups in total. The van der Waals surface area contributed by atoms with E-state index in [9.17, 15) is 13.2 Å². The molecule has 1 aliphatic heterocycles. The lowest BCUT2D eigenvalue weighted by Gasteiger charge is -2.29. The molecule has 3 aromatic rings. The monoisotopic (exact) mass is 436 g/mol. The van der Waals surface area contributed by atoms with Crippen molar-refractivity contribution in [3.63, 3.8) is 0 Å². The number of carbonyl (C=O) groups excluding carboxylic acids is 1. The maximum Gasteiger partial charge on any atom is 0.264 e. The van der Waals surface area contributed by atoms with E-state index in [4.69, 9.17) is 4.74 Å². The van der Waals surface area contributed by atoms with Gasteiger partial charge in [-0.15, -0.1) is 0 Å². The first-order chi connectivity index (χ1) is 14.9. The van der Waals surface area contributed by atoms with Crippen LogP contribution in [0.2, 0.25) is 0 Å². The molecule has 0 bridgehead atoms. The lowest BCUT2D eigenvalue weighted by molar-refractivity contribution is -0.117. The zero-order chi connectivity index (χ0) is 22.0. The number of amides is 1. The maximum atomic E-state index is 13.6. The molecule has 1 amide bonds. The molecule has 6 nitrogen and oxygen atoms in total. The quantitative estimate of drug-likeness (QED) is 0.588. The van der Waals surface area contributed by atoms with E-state index in [-0.39, 0.29) is 23.4 Å². The van der Waals surface area contributed by atoms with Gasteiger partial charge in [0.2, 0.25) is 5.91 Å². The predicted molar refractivity (Wildman–Crippen MR) is 121 cm³/mol. The minimum atomic E-state index is -4.00. The molecule has 7 heteroatoms. The molecule has 160 valence electrons. The van der Waals surface area contributed by atoms with E-state index in [1.54, 1.807) is 47.4 Å². The average Bonchev–Trinajstić information content (AvgIpc) is 3.13. The molecule has 0 saturated heterocycles. The van der Waals surface area contributed by atoms with Gasteiger partial charge in [-0.05, 0) is 49.2 Å². The van der Waals surface area contributed by atoms with Crippen molar-refractivity contribution in [2.24, 2.45) is 0 Å². The summed E-state index contributed by atoms with van der Waals surface area (Å²) in [6.07, 6.45) is 0.738. The Hall–Kier alpha value is -3.32. The van der Waals surface area contributed by atoms with Crippen LogP contribution in [-0.4, -0.2) is 34.0 Å². The fraction of sp³-hybridized carbons (Fsp3) is 0.208. The van der Waals surface area contributed by atoms with E-state index in [2.05, 4.69) is 0 Å². The van der Waals surface area contributed by atoms with Crippen molar-refractivity contribution >= 4 is 27.3 Å². The van der Waals surface area contributed by atoms with Crippen molar-refractivity contribution < 1.29 is 17.9 Å². The summed E-state index contributed by atoms with van der Waals surface area (Å²) >= 11 is 0. The van der Waals surface area contributed by atoms with Crippen LogP contribution in [-0.2, 0) is 21.2 Å². The highest BCUT2D eigenvalue weighted by atomic mass is 32.2. The third-order valence-electron chi connectivity index (χ3n) is 5.44. The molecule has 31 heavy (non-hydrogen) atoms. The highest BCUT2D eigenvalue weighted by molar-refractivity contribution is 7.92. The largest absolute Gasteiger partial charge is 0.495 e. The second-order valence-corrected chi connectivity index (χ2v) is 9.30. The molecular formula is C24H24N2O4S. The Morgan fingerprint density at radius 2 is 1.65 bits per heavy atom. The van der Waals surface area contributed by atoms with Gasteiger partial charge in [0.25, 0.3) is 10.0 Å². The van der Waals surface area contributed by atoms with E-state index >= 15 is 0 Å². The predicted octanol–water partition coefficient (Wildman–Crippen LogP) is 3.87. The number of hydrogen-bond donors (Lipinski definition) is 0. The topological polar surface area (TPSA) is 66.9 Å². The van der Waals surface area contributed by atoms with Crippen LogP contribution in [0.3, 0.4) is 0 Å². The van der Waals surface area contributed by atoms with Crippen LogP contribution in [0.15, 0.2) is 83.8 Å². The Balaban J connectivity index is 1.76. The molecule has 0 unspecified atom stereocenters. The molecule has 0 aromatic heterocycles. The summed E-state index contributed by atoms with van der Waals surface area (Å²) in [6.45, 7) is 1.63. The maximum absolute atomic E-state index is 13.6. The molecular weight excluding hydrogens is 412 g/mol. The van der Waals surface area contributed by atoms with E-state index in [1.165, 1.54) is 19.2 Å². The van der Waals surface area contributed by atoms with Crippen molar-refractivity contribution in [1.82, 2.24) is 0 Å². The van der Waals surface area contributed by atoms with Crippen LogP contribution in [0.1, 0.15) is 12.5 Å². The van der Waals surface area contributed by atoms with Crippen LogP contribution < -0.4 is 13.9 Å². The summed E-state index contributed by atoms with van der Waals surface area (Å²) in [7, 11) is -2.52.